The molecule has 1 heterocycles. The van der Waals surface area contributed by atoms with Gasteiger partial charge in [-0.25, -0.2) is 9.97 Å². The van der Waals surface area contributed by atoms with Crippen molar-refractivity contribution in [1.82, 2.24) is 15.3 Å². The highest BCUT2D eigenvalue weighted by Gasteiger charge is 2.07. The van der Waals surface area contributed by atoms with E-state index >= 15 is 0 Å². The van der Waals surface area contributed by atoms with Crippen molar-refractivity contribution in [2.24, 2.45) is 0 Å². The quantitative estimate of drug-likeness (QED) is 0.658. The highest BCUT2D eigenvalue weighted by atomic mass is 16.5. The average molecular weight is 281 g/mol. The van der Waals surface area contributed by atoms with Crippen LogP contribution in [0, 0.1) is 0 Å². The lowest BCUT2D eigenvalue weighted by Gasteiger charge is -2.11. The standard InChI is InChI=1S/C13H23N5O2/c1-5-20-8-12-17-10(14-4)6-11(18-12)15-7-13(19)16-9(2)3/h6,9H,5,7-8H2,1-4H3,(H,16,19)(H2,14,15,17,18). The van der Waals surface area contributed by atoms with E-state index in [1.807, 2.05) is 20.8 Å². The van der Waals surface area contributed by atoms with Crippen LogP contribution in [0.15, 0.2) is 6.07 Å². The molecular weight excluding hydrogens is 258 g/mol. The predicted octanol–water partition coefficient (Wildman–Crippen LogP) is 0.991. The van der Waals surface area contributed by atoms with Crippen LogP contribution in [-0.2, 0) is 16.1 Å². The lowest BCUT2D eigenvalue weighted by molar-refractivity contribution is -0.119. The van der Waals surface area contributed by atoms with Crippen LogP contribution in [0.4, 0.5) is 11.6 Å². The zero-order valence-electron chi connectivity index (χ0n) is 12.5. The summed E-state index contributed by atoms with van der Waals surface area (Å²) in [5.41, 5.74) is 0. The van der Waals surface area contributed by atoms with Gasteiger partial charge in [-0.3, -0.25) is 4.79 Å². The van der Waals surface area contributed by atoms with Gasteiger partial charge < -0.3 is 20.7 Å². The number of anilines is 2. The van der Waals surface area contributed by atoms with E-state index in [0.717, 1.165) is 0 Å². The summed E-state index contributed by atoms with van der Waals surface area (Å²) in [4.78, 5) is 20.2. The maximum atomic E-state index is 11.6. The van der Waals surface area contributed by atoms with Crippen LogP contribution >= 0.6 is 0 Å². The van der Waals surface area contributed by atoms with Gasteiger partial charge in [0.1, 0.15) is 18.2 Å². The first-order valence-electron chi connectivity index (χ1n) is 6.71. The molecule has 0 saturated carbocycles. The Balaban J connectivity index is 2.65. The topological polar surface area (TPSA) is 88.2 Å². The summed E-state index contributed by atoms with van der Waals surface area (Å²) in [7, 11) is 1.78. The largest absolute Gasteiger partial charge is 0.374 e. The molecule has 0 aromatic carbocycles. The molecule has 1 aromatic rings. The first kappa shape index (κ1) is 16.2. The minimum atomic E-state index is -0.0732. The highest BCUT2D eigenvalue weighted by Crippen LogP contribution is 2.11. The molecule has 0 unspecified atom stereocenters. The van der Waals surface area contributed by atoms with Gasteiger partial charge in [0, 0.05) is 25.8 Å². The fourth-order valence-electron chi connectivity index (χ4n) is 1.52. The van der Waals surface area contributed by atoms with E-state index in [1.165, 1.54) is 0 Å². The van der Waals surface area contributed by atoms with E-state index in [-0.39, 0.29) is 18.5 Å². The van der Waals surface area contributed by atoms with E-state index in [2.05, 4.69) is 25.9 Å². The number of hydrogen-bond donors (Lipinski definition) is 3. The number of hydrogen-bond acceptors (Lipinski definition) is 6. The van der Waals surface area contributed by atoms with E-state index < -0.39 is 0 Å². The van der Waals surface area contributed by atoms with Crippen LogP contribution in [-0.4, -0.2) is 42.1 Å². The van der Waals surface area contributed by atoms with Crippen molar-refractivity contribution in [3.8, 4) is 0 Å². The summed E-state index contributed by atoms with van der Waals surface area (Å²) in [5.74, 6) is 1.78. The van der Waals surface area contributed by atoms with Crippen molar-refractivity contribution < 1.29 is 9.53 Å². The van der Waals surface area contributed by atoms with Gasteiger partial charge in [0.25, 0.3) is 0 Å². The monoisotopic (exact) mass is 281 g/mol. The van der Waals surface area contributed by atoms with Gasteiger partial charge in [0.15, 0.2) is 5.82 Å². The summed E-state index contributed by atoms with van der Waals surface area (Å²) in [6.07, 6.45) is 0. The molecular formula is C13H23N5O2. The molecule has 0 bridgehead atoms. The van der Waals surface area contributed by atoms with Gasteiger partial charge in [-0.2, -0.15) is 0 Å². The number of carbonyl (C=O) groups is 1. The minimum Gasteiger partial charge on any atom is -0.374 e. The van der Waals surface area contributed by atoms with E-state index in [0.29, 0.717) is 30.7 Å². The smallest absolute Gasteiger partial charge is 0.239 e. The number of nitrogens with one attached hydrogen (secondary N) is 3. The van der Waals surface area contributed by atoms with Crippen LogP contribution < -0.4 is 16.0 Å². The van der Waals surface area contributed by atoms with E-state index in [4.69, 9.17) is 4.74 Å². The number of nitrogens with zero attached hydrogens (tertiary/aromatic N) is 2. The molecule has 1 aromatic heterocycles. The van der Waals surface area contributed by atoms with E-state index in [1.54, 1.807) is 13.1 Å². The van der Waals surface area contributed by atoms with Crippen molar-refractivity contribution in [2.45, 2.75) is 33.4 Å². The molecule has 0 aliphatic carbocycles. The lowest BCUT2D eigenvalue weighted by Crippen LogP contribution is -2.35. The summed E-state index contributed by atoms with van der Waals surface area (Å²) >= 11 is 0. The molecule has 3 N–H and O–H groups in total. The third-order valence-corrected chi connectivity index (χ3v) is 2.34. The molecule has 0 aliphatic heterocycles. The maximum absolute atomic E-state index is 11.6. The first-order valence-corrected chi connectivity index (χ1v) is 6.71. The second kappa shape index (κ2) is 8.31. The summed E-state index contributed by atoms with van der Waals surface area (Å²) in [5, 5.41) is 8.74. The van der Waals surface area contributed by atoms with Crippen LogP contribution in [0.5, 0.6) is 0 Å². The van der Waals surface area contributed by atoms with Crippen molar-refractivity contribution in [3.63, 3.8) is 0 Å². The molecule has 0 atom stereocenters. The maximum Gasteiger partial charge on any atom is 0.239 e. The number of rotatable bonds is 8. The third-order valence-electron chi connectivity index (χ3n) is 2.34. The molecule has 0 radical (unpaired) electrons. The Morgan fingerprint density at radius 2 is 2.05 bits per heavy atom. The fourth-order valence-corrected chi connectivity index (χ4v) is 1.52. The highest BCUT2D eigenvalue weighted by molar-refractivity contribution is 5.80. The fraction of sp³-hybridized carbons (Fsp3) is 0.615. The van der Waals surface area contributed by atoms with Crippen LogP contribution in [0.2, 0.25) is 0 Å². The Morgan fingerprint density at radius 1 is 1.35 bits per heavy atom. The summed E-state index contributed by atoms with van der Waals surface area (Å²) in [6, 6.07) is 1.87. The molecule has 0 fully saturated rings. The summed E-state index contributed by atoms with van der Waals surface area (Å²) < 4.78 is 5.29. The molecule has 0 aliphatic rings. The Bertz CT molecular complexity index is 437. The van der Waals surface area contributed by atoms with Gasteiger partial charge in [-0.1, -0.05) is 0 Å². The third kappa shape index (κ3) is 5.83. The number of amides is 1. The number of aromatic nitrogens is 2. The second-order valence-electron chi connectivity index (χ2n) is 4.52. The molecule has 0 saturated heterocycles. The molecule has 20 heavy (non-hydrogen) atoms. The Kier molecular flexibility index (Phi) is 6.72. The molecule has 1 rings (SSSR count). The predicted molar refractivity (Wildman–Crippen MR) is 78.7 cm³/mol. The van der Waals surface area contributed by atoms with Crippen molar-refractivity contribution in [1.29, 1.82) is 0 Å². The summed E-state index contributed by atoms with van der Waals surface area (Å²) in [6.45, 7) is 6.87. The van der Waals surface area contributed by atoms with Crippen LogP contribution in [0.1, 0.15) is 26.6 Å². The average Bonchev–Trinajstić information content (AvgIpc) is 2.42. The lowest BCUT2D eigenvalue weighted by atomic mass is 10.4. The van der Waals surface area contributed by atoms with Gasteiger partial charge in [-0.05, 0) is 20.8 Å². The normalized spacial score (nSPS) is 10.4. The van der Waals surface area contributed by atoms with Gasteiger partial charge in [0.05, 0.1) is 6.54 Å². The van der Waals surface area contributed by atoms with Crippen LogP contribution in [0.25, 0.3) is 0 Å². The second-order valence-corrected chi connectivity index (χ2v) is 4.52. The SMILES string of the molecule is CCOCc1nc(NC)cc(NCC(=O)NC(C)C)n1. The van der Waals surface area contributed by atoms with Crippen LogP contribution in [0.3, 0.4) is 0 Å². The zero-order valence-corrected chi connectivity index (χ0v) is 12.5. The Labute approximate surface area is 119 Å². The number of carbonyl (C=O) groups excluding carboxylic acids is 1. The van der Waals surface area contributed by atoms with Crippen molar-refractivity contribution in [3.05, 3.63) is 11.9 Å². The zero-order chi connectivity index (χ0) is 15.0. The molecule has 7 heteroatoms. The van der Waals surface area contributed by atoms with Gasteiger partial charge >= 0.3 is 0 Å². The van der Waals surface area contributed by atoms with Crippen molar-refractivity contribution in [2.75, 3.05) is 30.8 Å². The van der Waals surface area contributed by atoms with E-state index in [9.17, 15) is 4.79 Å². The number of ether oxygens (including phenoxy) is 1. The molecule has 112 valence electrons. The Morgan fingerprint density at radius 3 is 2.65 bits per heavy atom. The van der Waals surface area contributed by atoms with Gasteiger partial charge in [0.2, 0.25) is 5.91 Å². The Hall–Kier alpha value is -1.89. The van der Waals surface area contributed by atoms with Gasteiger partial charge in [-0.15, -0.1) is 0 Å². The molecule has 0 spiro atoms. The molecule has 1 amide bonds. The first-order chi connectivity index (χ1) is 9.55. The minimum absolute atomic E-state index is 0.0732. The molecule has 7 nitrogen and oxygen atoms in total. The van der Waals surface area contributed by atoms with Crippen molar-refractivity contribution >= 4 is 17.5 Å².